The maximum Gasteiger partial charge on any atom is 0.194 e. The lowest BCUT2D eigenvalue weighted by Gasteiger charge is -1.88. The summed E-state index contributed by atoms with van der Waals surface area (Å²) in [5.74, 6) is -0.611. The van der Waals surface area contributed by atoms with Crippen molar-refractivity contribution in [2.45, 2.75) is 6.92 Å². The molecule has 0 heterocycles. The highest BCUT2D eigenvalue weighted by molar-refractivity contribution is 6.64. The summed E-state index contributed by atoms with van der Waals surface area (Å²) in [6.07, 6.45) is 0. The minimum Gasteiger partial charge on any atom is -0.374 e. The smallest absolute Gasteiger partial charge is 0.194 e. The van der Waals surface area contributed by atoms with Gasteiger partial charge in [0.25, 0.3) is 0 Å². The maximum absolute atomic E-state index is 12.0. The van der Waals surface area contributed by atoms with Crippen LogP contribution in [-0.2, 0) is 0 Å². The van der Waals surface area contributed by atoms with E-state index in [4.69, 9.17) is 28.9 Å². The van der Waals surface area contributed by atoms with E-state index in [1.165, 1.54) is 0 Å². The molecular formula is C4H5Cl2FN2. The van der Waals surface area contributed by atoms with Crippen molar-refractivity contribution < 1.29 is 4.39 Å². The fraction of sp³-hybridized carbons (Fsp3) is 0.250. The lowest BCUT2D eigenvalue weighted by atomic mass is 10.6. The Morgan fingerprint density at radius 1 is 1.56 bits per heavy atom. The van der Waals surface area contributed by atoms with E-state index in [0.29, 0.717) is 0 Å². The number of halogens is 3. The van der Waals surface area contributed by atoms with Crippen molar-refractivity contribution in [3.63, 3.8) is 0 Å². The molecule has 2 N–H and O–H groups in total. The van der Waals surface area contributed by atoms with Crippen molar-refractivity contribution in [1.82, 2.24) is 0 Å². The monoisotopic (exact) mass is 170 g/mol. The molecular weight excluding hydrogens is 166 g/mol. The zero-order valence-electron chi connectivity index (χ0n) is 4.66. The van der Waals surface area contributed by atoms with Crippen molar-refractivity contribution in [3.8, 4) is 0 Å². The lowest BCUT2D eigenvalue weighted by molar-refractivity contribution is 0.634. The van der Waals surface area contributed by atoms with E-state index in [9.17, 15) is 4.39 Å². The van der Waals surface area contributed by atoms with Crippen LogP contribution in [0.25, 0.3) is 0 Å². The first kappa shape index (κ1) is 8.72. The second-order valence-electron chi connectivity index (χ2n) is 1.26. The Balaban J connectivity index is 4.25. The van der Waals surface area contributed by atoms with Crippen LogP contribution >= 0.6 is 23.2 Å². The van der Waals surface area contributed by atoms with Gasteiger partial charge in [-0.2, -0.15) is 0 Å². The van der Waals surface area contributed by atoms with Crippen LogP contribution in [0.15, 0.2) is 16.0 Å². The molecule has 0 aromatic rings. The fourth-order valence-corrected chi connectivity index (χ4v) is 0.390. The van der Waals surface area contributed by atoms with Crippen LogP contribution in [-0.4, -0.2) is 5.29 Å². The fourth-order valence-electron chi connectivity index (χ4n) is 0.171. The molecule has 0 bridgehead atoms. The molecule has 0 aliphatic carbocycles. The Labute approximate surface area is 62.2 Å². The molecule has 0 saturated carbocycles. The molecule has 0 aromatic carbocycles. The molecule has 0 fully saturated rings. The van der Waals surface area contributed by atoms with E-state index >= 15 is 0 Å². The number of nitrogens with two attached hydrogens (primary N) is 1. The van der Waals surface area contributed by atoms with Crippen LogP contribution in [0.1, 0.15) is 6.92 Å². The van der Waals surface area contributed by atoms with Gasteiger partial charge < -0.3 is 5.73 Å². The zero-order valence-corrected chi connectivity index (χ0v) is 6.17. The molecule has 0 amide bonds. The van der Waals surface area contributed by atoms with Gasteiger partial charge in [0.05, 0.1) is 0 Å². The molecule has 0 unspecified atom stereocenters. The molecule has 9 heavy (non-hydrogen) atoms. The molecule has 0 aromatic heterocycles. The molecule has 2 nitrogen and oxygen atoms in total. The van der Waals surface area contributed by atoms with Crippen LogP contribution in [0.2, 0.25) is 0 Å². The number of allylic oxidation sites excluding steroid dienone is 1. The minimum absolute atomic E-state index is 0.281. The van der Waals surface area contributed by atoms with Crippen LogP contribution in [0, 0.1) is 0 Å². The van der Waals surface area contributed by atoms with Gasteiger partial charge in [0, 0.05) is 0 Å². The van der Waals surface area contributed by atoms with Crippen LogP contribution in [0.5, 0.6) is 0 Å². The molecule has 52 valence electrons. The summed E-state index contributed by atoms with van der Waals surface area (Å²) in [6, 6.07) is 0. The van der Waals surface area contributed by atoms with E-state index in [1.807, 2.05) is 0 Å². The molecule has 0 saturated heterocycles. The van der Waals surface area contributed by atoms with Crippen molar-refractivity contribution in [2.75, 3.05) is 0 Å². The van der Waals surface area contributed by atoms with Crippen molar-refractivity contribution in [3.05, 3.63) is 11.0 Å². The van der Waals surface area contributed by atoms with Gasteiger partial charge in [-0.25, -0.2) is 9.38 Å². The molecule has 0 rings (SSSR count). The highest BCUT2D eigenvalue weighted by atomic mass is 35.5. The molecule has 0 aliphatic rings. The second kappa shape index (κ2) is 3.69. The molecule has 0 aliphatic heterocycles. The van der Waals surface area contributed by atoms with E-state index in [-0.39, 0.29) is 10.5 Å². The van der Waals surface area contributed by atoms with Gasteiger partial charge in [0.15, 0.2) is 10.5 Å². The maximum atomic E-state index is 12.0. The highest BCUT2D eigenvalue weighted by Crippen LogP contribution is 2.11. The Morgan fingerprint density at radius 2 is 2.00 bits per heavy atom. The summed E-state index contributed by atoms with van der Waals surface area (Å²) in [5.41, 5.74) is 4.86. The van der Waals surface area contributed by atoms with Crippen molar-refractivity contribution >= 4 is 28.5 Å². The summed E-state index contributed by atoms with van der Waals surface area (Å²) in [4.78, 5) is 3.21. The molecule has 5 heteroatoms. The standard InChI is InChI=1S/C4H5Cl2FN2/c1-2(7)3(5)9-4(6)8/h1H3,(H2,8,9)/b3-2+. The van der Waals surface area contributed by atoms with E-state index in [1.54, 1.807) is 0 Å². The van der Waals surface area contributed by atoms with Gasteiger partial charge in [0.1, 0.15) is 5.83 Å². The van der Waals surface area contributed by atoms with Gasteiger partial charge in [-0.1, -0.05) is 11.6 Å². The first-order valence-electron chi connectivity index (χ1n) is 2.05. The molecule has 0 spiro atoms. The SMILES string of the molecule is C/C(F)=C(/Cl)N=C(N)Cl. The Kier molecular flexibility index (Phi) is 3.58. The first-order valence-corrected chi connectivity index (χ1v) is 2.81. The number of hydrogen-bond acceptors (Lipinski definition) is 1. The van der Waals surface area contributed by atoms with Crippen molar-refractivity contribution in [2.24, 2.45) is 10.7 Å². The van der Waals surface area contributed by atoms with Gasteiger partial charge in [-0.15, -0.1) is 0 Å². The van der Waals surface area contributed by atoms with Gasteiger partial charge >= 0.3 is 0 Å². The summed E-state index contributed by atoms with van der Waals surface area (Å²) in [7, 11) is 0. The number of hydrogen-bond donors (Lipinski definition) is 1. The Morgan fingerprint density at radius 3 is 2.11 bits per heavy atom. The van der Waals surface area contributed by atoms with Crippen LogP contribution in [0.4, 0.5) is 4.39 Å². The van der Waals surface area contributed by atoms with E-state index in [2.05, 4.69) is 4.99 Å². The van der Waals surface area contributed by atoms with Crippen LogP contribution in [0.3, 0.4) is 0 Å². The van der Waals surface area contributed by atoms with E-state index < -0.39 is 5.83 Å². The summed E-state index contributed by atoms with van der Waals surface area (Å²) in [5, 5.41) is -0.598. The minimum atomic E-state index is -0.611. The highest BCUT2D eigenvalue weighted by Gasteiger charge is 1.94. The predicted molar refractivity (Wildman–Crippen MR) is 37.1 cm³/mol. The molecule has 0 radical (unpaired) electrons. The normalized spacial score (nSPS) is 15.3. The number of rotatable bonds is 1. The Hall–Kier alpha value is -0.280. The number of nitrogens with zero attached hydrogens (tertiary/aromatic N) is 1. The largest absolute Gasteiger partial charge is 0.374 e. The van der Waals surface area contributed by atoms with Crippen molar-refractivity contribution in [1.29, 1.82) is 0 Å². The van der Waals surface area contributed by atoms with Crippen LogP contribution < -0.4 is 5.73 Å². The second-order valence-corrected chi connectivity index (χ2v) is 2.00. The molecule has 0 atom stereocenters. The average Bonchev–Trinajstić information content (AvgIpc) is 1.63. The summed E-state index contributed by atoms with van der Waals surface area (Å²) in [6.45, 7) is 1.16. The van der Waals surface area contributed by atoms with Gasteiger partial charge in [-0.05, 0) is 18.5 Å². The zero-order chi connectivity index (χ0) is 7.44. The summed E-state index contributed by atoms with van der Waals surface area (Å²) >= 11 is 10.2. The topological polar surface area (TPSA) is 38.4 Å². The number of aliphatic imine (C=N–C) groups is 1. The number of amidine groups is 1. The quantitative estimate of drug-likeness (QED) is 0.365. The van der Waals surface area contributed by atoms with E-state index in [0.717, 1.165) is 6.92 Å². The first-order chi connectivity index (χ1) is 4.04. The third kappa shape index (κ3) is 4.24. The predicted octanol–water partition coefficient (Wildman–Crippen LogP) is 1.94. The third-order valence-corrected chi connectivity index (χ3v) is 0.919. The summed E-state index contributed by atoms with van der Waals surface area (Å²) < 4.78 is 12.0. The van der Waals surface area contributed by atoms with Gasteiger partial charge in [0.2, 0.25) is 0 Å². The lowest BCUT2D eigenvalue weighted by Crippen LogP contribution is -2.00. The Bertz CT molecular complexity index is 156. The van der Waals surface area contributed by atoms with Gasteiger partial charge in [-0.3, -0.25) is 0 Å². The third-order valence-electron chi connectivity index (χ3n) is 0.489. The average molecular weight is 171 g/mol.